The third-order valence-corrected chi connectivity index (χ3v) is 7.58. The van der Waals surface area contributed by atoms with E-state index in [1.165, 1.54) is 0 Å². The van der Waals surface area contributed by atoms with Crippen LogP contribution in [-0.2, 0) is 14.2 Å². The van der Waals surface area contributed by atoms with Crippen LogP contribution < -0.4 is 18.9 Å². The van der Waals surface area contributed by atoms with E-state index in [-0.39, 0.29) is 26.8 Å². The molecule has 12 heteroatoms. The Labute approximate surface area is 217 Å². The molecule has 0 bridgehead atoms. The zero-order valence-corrected chi connectivity index (χ0v) is 20.3. The lowest BCUT2D eigenvalue weighted by Crippen LogP contribution is -2.59. The molecule has 4 aliphatic heterocycles. The van der Waals surface area contributed by atoms with Gasteiger partial charge in [-0.25, -0.2) is 0 Å². The lowest BCUT2D eigenvalue weighted by Gasteiger charge is -2.40. The zero-order valence-electron chi connectivity index (χ0n) is 20.3. The van der Waals surface area contributed by atoms with Gasteiger partial charge in [0, 0.05) is 11.8 Å². The Hall–Kier alpha value is -2.68. The van der Waals surface area contributed by atoms with Crippen LogP contribution in [0, 0.1) is 11.8 Å². The van der Waals surface area contributed by atoms with E-state index < -0.39 is 61.4 Å². The van der Waals surface area contributed by atoms with Crippen molar-refractivity contribution in [3.63, 3.8) is 0 Å². The molecule has 4 heterocycles. The minimum Gasteiger partial charge on any atom is -0.454 e. The molecule has 2 aromatic rings. The lowest BCUT2D eigenvalue weighted by molar-refractivity contribution is -0.304. The quantitative estimate of drug-likeness (QED) is 0.323. The van der Waals surface area contributed by atoms with Crippen molar-refractivity contribution in [3.05, 3.63) is 47.5 Å². The lowest BCUT2D eigenvalue weighted by atomic mass is 9.82. The molecule has 206 valence electrons. The van der Waals surface area contributed by atoms with Crippen molar-refractivity contribution in [3.8, 4) is 23.0 Å². The molecule has 6 rings (SSSR count). The van der Waals surface area contributed by atoms with Crippen molar-refractivity contribution >= 4 is 0 Å². The van der Waals surface area contributed by atoms with Gasteiger partial charge < -0.3 is 58.7 Å². The van der Waals surface area contributed by atoms with Gasteiger partial charge in [0.15, 0.2) is 29.3 Å². The van der Waals surface area contributed by atoms with Gasteiger partial charge in [0.2, 0.25) is 13.6 Å². The molecule has 1 unspecified atom stereocenters. The third-order valence-electron chi connectivity index (χ3n) is 7.58. The van der Waals surface area contributed by atoms with E-state index in [4.69, 9.17) is 33.2 Å². The van der Waals surface area contributed by atoms with Crippen molar-refractivity contribution in [2.45, 2.75) is 42.9 Å². The molecule has 4 aliphatic rings. The Kier molecular flexibility index (Phi) is 7.05. The number of hydrogen-bond acceptors (Lipinski definition) is 12. The number of ether oxygens (including phenoxy) is 7. The Balaban J connectivity index is 1.25. The summed E-state index contributed by atoms with van der Waals surface area (Å²) in [5.41, 5.74) is 1.41. The van der Waals surface area contributed by atoms with Crippen molar-refractivity contribution in [1.29, 1.82) is 0 Å². The molecule has 0 aliphatic carbocycles. The van der Waals surface area contributed by atoms with Gasteiger partial charge in [0.05, 0.1) is 32.0 Å². The van der Waals surface area contributed by atoms with Crippen LogP contribution in [0.2, 0.25) is 0 Å². The Bertz CT molecular complexity index is 1140. The predicted octanol–water partition coefficient (Wildman–Crippen LogP) is -0.00220. The van der Waals surface area contributed by atoms with Gasteiger partial charge in [-0.2, -0.15) is 0 Å². The molecule has 0 spiro atoms. The number of hydrogen-bond donors (Lipinski definition) is 5. The smallest absolute Gasteiger partial charge is 0.231 e. The fourth-order valence-corrected chi connectivity index (χ4v) is 5.41. The molecule has 0 aromatic heterocycles. The molecule has 2 aromatic carbocycles. The summed E-state index contributed by atoms with van der Waals surface area (Å²) in [6.07, 6.45) is -8.48. The van der Waals surface area contributed by atoms with Crippen molar-refractivity contribution in [2.75, 3.05) is 33.4 Å². The normalized spacial score (nSPS) is 34.4. The van der Waals surface area contributed by atoms with E-state index in [2.05, 4.69) is 0 Å². The Morgan fingerprint density at radius 1 is 0.842 bits per heavy atom. The van der Waals surface area contributed by atoms with Crippen LogP contribution in [0.15, 0.2) is 36.4 Å². The maximum Gasteiger partial charge on any atom is 0.231 e. The van der Waals surface area contributed by atoms with E-state index in [0.717, 1.165) is 5.56 Å². The minimum absolute atomic E-state index is 0.0337. The summed E-state index contributed by atoms with van der Waals surface area (Å²) >= 11 is 0. The van der Waals surface area contributed by atoms with Crippen LogP contribution in [0.1, 0.15) is 23.3 Å². The second-order valence-corrected chi connectivity index (χ2v) is 9.78. The summed E-state index contributed by atoms with van der Waals surface area (Å²) < 4.78 is 39.4. The number of rotatable bonds is 7. The standard InChI is InChI=1S/C26H30O12/c27-7-20-22(29)23(30)24(31)26(38-20)33-9-15-14(21(28)12-1-3-16-18(5-12)36-10-34-16)8-32-25(15)13-2-4-17-19(6-13)37-11-35-17/h1-6,14-15,20-31H,7-11H2/t14?,15-,20-,21+,22-,23+,24-,25-,26-/m1/s1. The fourth-order valence-electron chi connectivity index (χ4n) is 5.41. The SMILES string of the molecule is OC[C@H]1O[C@@H](OC[C@@H]2C([C@@H](O)c3ccc4c(c3)OCO4)CO[C@@H]2c2ccc3c(c2)OCO3)[C@H](O)[C@@H](O)[C@@H]1O. The molecule has 0 saturated carbocycles. The highest BCUT2D eigenvalue weighted by Gasteiger charge is 2.47. The number of fused-ring (bicyclic) bond motifs is 2. The molecule has 0 radical (unpaired) electrons. The summed E-state index contributed by atoms with van der Waals surface area (Å²) in [5.74, 6) is 1.49. The average Bonchev–Trinajstić information content (AvgIpc) is 3.69. The van der Waals surface area contributed by atoms with Crippen molar-refractivity contribution in [1.82, 2.24) is 0 Å². The summed E-state index contributed by atoms with van der Waals surface area (Å²) in [6.45, 7) is -0.156. The first kappa shape index (κ1) is 25.6. The first-order valence-corrected chi connectivity index (χ1v) is 12.5. The highest BCUT2D eigenvalue weighted by Crippen LogP contribution is 2.47. The topological polar surface area (TPSA) is 166 Å². The van der Waals surface area contributed by atoms with Gasteiger partial charge in [0.1, 0.15) is 24.4 Å². The van der Waals surface area contributed by atoms with Crippen molar-refractivity contribution < 1.29 is 58.7 Å². The zero-order chi connectivity index (χ0) is 26.4. The predicted molar refractivity (Wildman–Crippen MR) is 125 cm³/mol. The average molecular weight is 535 g/mol. The molecule has 0 amide bonds. The number of benzene rings is 2. The van der Waals surface area contributed by atoms with Crippen LogP contribution in [0.4, 0.5) is 0 Å². The van der Waals surface area contributed by atoms with E-state index in [9.17, 15) is 25.5 Å². The highest BCUT2D eigenvalue weighted by atomic mass is 16.7. The molecule has 12 nitrogen and oxygen atoms in total. The highest BCUT2D eigenvalue weighted by molar-refractivity contribution is 5.46. The molecule has 9 atom stereocenters. The first-order chi connectivity index (χ1) is 18.4. The van der Waals surface area contributed by atoms with E-state index in [1.54, 1.807) is 24.3 Å². The van der Waals surface area contributed by atoms with E-state index >= 15 is 0 Å². The second-order valence-electron chi connectivity index (χ2n) is 9.78. The maximum absolute atomic E-state index is 11.4. The van der Waals surface area contributed by atoms with Crippen LogP contribution in [0.25, 0.3) is 0 Å². The van der Waals surface area contributed by atoms with Gasteiger partial charge in [-0.15, -0.1) is 0 Å². The monoisotopic (exact) mass is 534 g/mol. The largest absolute Gasteiger partial charge is 0.454 e. The summed E-state index contributed by atoms with van der Waals surface area (Å²) in [4.78, 5) is 0. The van der Waals surface area contributed by atoms with E-state index in [1.807, 2.05) is 12.1 Å². The van der Waals surface area contributed by atoms with Crippen LogP contribution in [-0.4, -0.2) is 89.6 Å². The summed E-state index contributed by atoms with van der Waals surface area (Å²) in [6, 6.07) is 10.7. The summed E-state index contributed by atoms with van der Waals surface area (Å²) in [5, 5.41) is 51.6. The summed E-state index contributed by atoms with van der Waals surface area (Å²) in [7, 11) is 0. The maximum atomic E-state index is 11.4. The molecule has 2 fully saturated rings. The van der Waals surface area contributed by atoms with Gasteiger partial charge in [0.25, 0.3) is 0 Å². The molecular formula is C26H30O12. The van der Waals surface area contributed by atoms with Crippen LogP contribution in [0.3, 0.4) is 0 Å². The Morgan fingerprint density at radius 3 is 2.26 bits per heavy atom. The molecule has 5 N–H and O–H groups in total. The van der Waals surface area contributed by atoms with Crippen molar-refractivity contribution in [2.24, 2.45) is 11.8 Å². The second kappa shape index (κ2) is 10.5. The molecular weight excluding hydrogens is 504 g/mol. The fraction of sp³-hybridized carbons (Fsp3) is 0.538. The van der Waals surface area contributed by atoms with Crippen LogP contribution >= 0.6 is 0 Å². The van der Waals surface area contributed by atoms with Gasteiger partial charge in [-0.05, 0) is 35.4 Å². The molecule has 2 saturated heterocycles. The van der Waals surface area contributed by atoms with E-state index in [0.29, 0.717) is 28.6 Å². The van der Waals surface area contributed by atoms with Gasteiger partial charge in [-0.3, -0.25) is 0 Å². The van der Waals surface area contributed by atoms with Gasteiger partial charge >= 0.3 is 0 Å². The number of aliphatic hydroxyl groups excluding tert-OH is 5. The van der Waals surface area contributed by atoms with Crippen LogP contribution in [0.5, 0.6) is 23.0 Å². The first-order valence-electron chi connectivity index (χ1n) is 12.5. The minimum atomic E-state index is -1.56. The van der Waals surface area contributed by atoms with Gasteiger partial charge in [-0.1, -0.05) is 12.1 Å². The molecule has 38 heavy (non-hydrogen) atoms. The number of aliphatic hydroxyl groups is 5. The third kappa shape index (κ3) is 4.56. The Morgan fingerprint density at radius 2 is 1.53 bits per heavy atom.